The molecule has 4 aromatic heterocycles. The number of hydrogen-bond donors (Lipinski definition) is 2. The normalized spacial score (nSPS) is 11.6. The Balaban J connectivity index is 1.27. The molecule has 0 saturated heterocycles. The summed E-state index contributed by atoms with van der Waals surface area (Å²) >= 11 is 6.04. The third-order valence-electron chi connectivity index (χ3n) is 6.97. The van der Waals surface area contributed by atoms with Crippen LogP contribution in [-0.2, 0) is 10.0 Å². The first-order chi connectivity index (χ1) is 21.8. The predicted molar refractivity (Wildman–Crippen MR) is 167 cm³/mol. The molecule has 0 spiro atoms. The summed E-state index contributed by atoms with van der Waals surface area (Å²) in [7, 11) is -4.30. The second kappa shape index (κ2) is 11.2. The zero-order valence-corrected chi connectivity index (χ0v) is 24.4. The molecular weight excluding hydrogens is 622 g/mol. The van der Waals surface area contributed by atoms with Gasteiger partial charge in [-0.2, -0.15) is 0 Å². The fraction of sp³-hybridized carbons (Fsp3) is 0. The minimum Gasteiger partial charge on any atom is -0.333 e. The smallest absolute Gasteiger partial charge is 0.263 e. The van der Waals surface area contributed by atoms with E-state index in [0.29, 0.717) is 11.3 Å². The fourth-order valence-corrected chi connectivity index (χ4v) is 6.44. The lowest BCUT2D eigenvalue weighted by molar-refractivity contribution is 0.588. The van der Waals surface area contributed by atoms with Gasteiger partial charge >= 0.3 is 0 Å². The zero-order valence-electron chi connectivity index (χ0n) is 22.9. The molecule has 0 unspecified atom stereocenters. The standard InChI is InChI=1S/C31H19ClF2N8O2S/c32-20-7-1-2-9-25(20)45(43,44)41-22-11-10-21(33)29(27(22)34)40-31-30-23(36-16-37-31)12-13-26(39-30)42-17-38-28-19(6-3-8-24(28)42)18-5-4-14-35-15-18/h1-17,41H,(H,36,37,40). The molecule has 222 valence electrons. The van der Waals surface area contributed by atoms with E-state index in [-0.39, 0.29) is 21.3 Å². The van der Waals surface area contributed by atoms with Gasteiger partial charge in [-0.15, -0.1) is 0 Å². The molecule has 0 atom stereocenters. The van der Waals surface area contributed by atoms with Crippen LogP contribution in [0.5, 0.6) is 0 Å². The molecule has 0 aliphatic heterocycles. The largest absolute Gasteiger partial charge is 0.333 e. The van der Waals surface area contributed by atoms with Gasteiger partial charge in [0.05, 0.1) is 27.3 Å². The Labute approximate surface area is 259 Å². The molecule has 0 aliphatic rings. The minimum absolute atomic E-state index is 0.00812. The van der Waals surface area contributed by atoms with Crippen LogP contribution in [0.4, 0.5) is 26.0 Å². The first-order valence-corrected chi connectivity index (χ1v) is 15.2. The molecule has 0 radical (unpaired) electrons. The van der Waals surface area contributed by atoms with Gasteiger partial charge in [0.25, 0.3) is 10.0 Å². The second-order valence-corrected chi connectivity index (χ2v) is 11.8. The van der Waals surface area contributed by atoms with Crippen molar-refractivity contribution in [2.45, 2.75) is 4.90 Å². The van der Waals surface area contributed by atoms with Crippen molar-refractivity contribution in [3.05, 3.63) is 121 Å². The number of rotatable bonds is 7. The van der Waals surface area contributed by atoms with E-state index in [1.54, 1.807) is 41.5 Å². The van der Waals surface area contributed by atoms with Gasteiger partial charge in [-0.3, -0.25) is 14.3 Å². The van der Waals surface area contributed by atoms with Gasteiger partial charge in [0, 0.05) is 23.5 Å². The minimum atomic E-state index is -4.30. The lowest BCUT2D eigenvalue weighted by Crippen LogP contribution is -2.15. The first kappa shape index (κ1) is 28.3. The third-order valence-corrected chi connectivity index (χ3v) is 8.83. The summed E-state index contributed by atoms with van der Waals surface area (Å²) < 4.78 is 60.5. The molecule has 0 saturated carbocycles. The van der Waals surface area contributed by atoms with Crippen LogP contribution in [0.2, 0.25) is 5.02 Å². The molecule has 7 rings (SSSR count). The summed E-state index contributed by atoms with van der Waals surface area (Å²) in [4.78, 5) is 21.7. The van der Waals surface area contributed by atoms with Gasteiger partial charge in [-0.05, 0) is 48.5 Å². The Bertz CT molecular complexity index is 2350. The molecule has 0 fully saturated rings. The summed E-state index contributed by atoms with van der Waals surface area (Å²) in [6, 6.07) is 20.6. The van der Waals surface area contributed by atoms with Crippen molar-refractivity contribution in [3.63, 3.8) is 0 Å². The van der Waals surface area contributed by atoms with Crippen molar-refractivity contribution in [1.82, 2.24) is 29.5 Å². The van der Waals surface area contributed by atoms with Crippen LogP contribution in [0.1, 0.15) is 0 Å². The van der Waals surface area contributed by atoms with Crippen molar-refractivity contribution in [2.24, 2.45) is 0 Å². The second-order valence-electron chi connectivity index (χ2n) is 9.73. The quantitative estimate of drug-likeness (QED) is 0.193. The summed E-state index contributed by atoms with van der Waals surface area (Å²) in [5.74, 6) is -1.74. The van der Waals surface area contributed by atoms with Gasteiger partial charge in [-0.1, -0.05) is 41.9 Å². The number of imidazole rings is 1. The monoisotopic (exact) mass is 640 g/mol. The van der Waals surface area contributed by atoms with Crippen molar-refractivity contribution < 1.29 is 17.2 Å². The van der Waals surface area contributed by atoms with E-state index in [1.165, 1.54) is 24.5 Å². The maximum atomic E-state index is 15.7. The van der Waals surface area contributed by atoms with Gasteiger partial charge < -0.3 is 5.32 Å². The Morgan fingerprint density at radius 3 is 2.53 bits per heavy atom. The van der Waals surface area contributed by atoms with Crippen LogP contribution in [0.15, 0.2) is 109 Å². The highest BCUT2D eigenvalue weighted by Gasteiger charge is 2.23. The van der Waals surface area contributed by atoms with E-state index in [0.717, 1.165) is 34.3 Å². The van der Waals surface area contributed by atoms with Crippen molar-refractivity contribution in [2.75, 3.05) is 10.0 Å². The molecule has 45 heavy (non-hydrogen) atoms. The van der Waals surface area contributed by atoms with E-state index < -0.39 is 33.0 Å². The van der Waals surface area contributed by atoms with Gasteiger partial charge in [-0.25, -0.2) is 37.1 Å². The number of pyridine rings is 2. The molecule has 2 N–H and O–H groups in total. The average Bonchev–Trinajstić information content (AvgIpc) is 3.49. The molecule has 0 amide bonds. The maximum Gasteiger partial charge on any atom is 0.263 e. The number of anilines is 3. The van der Waals surface area contributed by atoms with Gasteiger partial charge in [0.1, 0.15) is 40.4 Å². The summed E-state index contributed by atoms with van der Waals surface area (Å²) in [6.45, 7) is 0. The van der Waals surface area contributed by atoms with E-state index >= 15 is 8.78 Å². The molecule has 4 heterocycles. The highest BCUT2D eigenvalue weighted by Crippen LogP contribution is 2.33. The molecule has 0 bridgehead atoms. The molecule has 14 heteroatoms. The zero-order chi connectivity index (χ0) is 31.1. The highest BCUT2D eigenvalue weighted by atomic mass is 35.5. The predicted octanol–water partition coefficient (Wildman–Crippen LogP) is 6.90. The van der Waals surface area contributed by atoms with Crippen molar-refractivity contribution >= 4 is 60.9 Å². The van der Waals surface area contributed by atoms with Gasteiger partial charge in [0.15, 0.2) is 11.6 Å². The van der Waals surface area contributed by atoms with Crippen LogP contribution in [0.25, 0.3) is 39.0 Å². The number of halogens is 3. The lowest BCUT2D eigenvalue weighted by Gasteiger charge is -2.15. The molecule has 7 aromatic rings. The van der Waals surface area contributed by atoms with E-state index in [2.05, 4.69) is 30.0 Å². The molecular formula is C31H19ClF2N8O2S. The van der Waals surface area contributed by atoms with Crippen LogP contribution >= 0.6 is 11.6 Å². The summed E-state index contributed by atoms with van der Waals surface area (Å²) in [6.07, 6.45) is 6.30. The Hall–Kier alpha value is -5.53. The maximum absolute atomic E-state index is 15.7. The van der Waals surface area contributed by atoms with Crippen LogP contribution in [0.3, 0.4) is 0 Å². The Morgan fingerprint density at radius 1 is 0.844 bits per heavy atom. The molecule has 10 nitrogen and oxygen atoms in total. The Morgan fingerprint density at radius 2 is 1.71 bits per heavy atom. The number of sulfonamides is 1. The van der Waals surface area contributed by atoms with E-state index in [1.807, 2.05) is 30.3 Å². The number of benzene rings is 3. The lowest BCUT2D eigenvalue weighted by atomic mass is 10.1. The highest BCUT2D eigenvalue weighted by molar-refractivity contribution is 7.92. The number of fused-ring (bicyclic) bond motifs is 2. The average molecular weight is 641 g/mol. The SMILES string of the molecule is O=S(=O)(Nc1ccc(F)c(Nc2ncnc3ccc(-n4cnc5c(-c6cccnc6)cccc54)nc23)c1F)c1ccccc1Cl. The van der Waals surface area contributed by atoms with Crippen molar-refractivity contribution in [1.29, 1.82) is 0 Å². The molecule has 0 aliphatic carbocycles. The van der Waals surface area contributed by atoms with E-state index in [4.69, 9.17) is 16.6 Å². The summed E-state index contributed by atoms with van der Waals surface area (Å²) in [5, 5.41) is 2.59. The number of nitrogens with one attached hydrogen (secondary N) is 2. The van der Waals surface area contributed by atoms with Crippen LogP contribution in [0, 0.1) is 11.6 Å². The third kappa shape index (κ3) is 5.17. The van der Waals surface area contributed by atoms with Gasteiger partial charge in [0.2, 0.25) is 0 Å². The summed E-state index contributed by atoms with van der Waals surface area (Å²) in [5.41, 5.74) is 2.76. The van der Waals surface area contributed by atoms with Crippen molar-refractivity contribution in [3.8, 4) is 16.9 Å². The Kier molecular flexibility index (Phi) is 7.03. The topological polar surface area (TPSA) is 128 Å². The van der Waals surface area contributed by atoms with Crippen LogP contribution < -0.4 is 10.0 Å². The van der Waals surface area contributed by atoms with E-state index in [9.17, 15) is 8.42 Å². The number of aromatic nitrogens is 6. The molecule has 3 aromatic carbocycles. The fourth-order valence-electron chi connectivity index (χ4n) is 4.86. The number of para-hydroxylation sites is 1. The first-order valence-electron chi connectivity index (χ1n) is 13.3. The number of hydrogen-bond acceptors (Lipinski definition) is 8. The van der Waals surface area contributed by atoms with Crippen LogP contribution in [-0.4, -0.2) is 37.9 Å². The number of nitrogens with zero attached hydrogens (tertiary/aromatic N) is 6.